The van der Waals surface area contributed by atoms with Crippen molar-refractivity contribution in [2.45, 2.75) is 38.7 Å². The fourth-order valence-corrected chi connectivity index (χ4v) is 3.66. The molecule has 0 aliphatic carbocycles. The highest BCUT2D eigenvalue weighted by Crippen LogP contribution is 2.33. The highest BCUT2D eigenvalue weighted by atomic mass is 35.5. The van der Waals surface area contributed by atoms with Gasteiger partial charge in [0.15, 0.2) is 0 Å². The molecule has 168 valence electrons. The normalized spacial score (nSPS) is 15.0. The number of halogens is 1. The predicted molar refractivity (Wildman–Crippen MR) is 119 cm³/mol. The summed E-state index contributed by atoms with van der Waals surface area (Å²) in [5.41, 5.74) is 2.03. The fraction of sp³-hybridized carbons (Fsp3) is 0.391. The predicted octanol–water partition coefficient (Wildman–Crippen LogP) is 4.01. The van der Waals surface area contributed by atoms with E-state index in [1.807, 2.05) is 36.1 Å². The highest BCUT2D eigenvalue weighted by Gasteiger charge is 2.34. The van der Waals surface area contributed by atoms with Crippen molar-refractivity contribution in [2.24, 2.45) is 0 Å². The van der Waals surface area contributed by atoms with E-state index in [2.05, 4.69) is 4.74 Å². The molecule has 31 heavy (non-hydrogen) atoms. The molecule has 1 aliphatic rings. The number of anilines is 1. The molecular weight excluding hydrogens is 422 g/mol. The number of esters is 1. The van der Waals surface area contributed by atoms with Gasteiger partial charge in [-0.2, -0.15) is 0 Å². The Labute approximate surface area is 188 Å². The fourth-order valence-electron chi connectivity index (χ4n) is 3.66. The van der Waals surface area contributed by atoms with Gasteiger partial charge in [-0.15, -0.1) is 12.4 Å². The van der Waals surface area contributed by atoms with E-state index in [1.165, 1.54) is 23.8 Å². The molecule has 1 aliphatic heterocycles. The molecule has 2 aromatic rings. The van der Waals surface area contributed by atoms with Crippen molar-refractivity contribution < 1.29 is 29.3 Å². The Kier molecular flexibility index (Phi) is 8.30. The van der Waals surface area contributed by atoms with Crippen molar-refractivity contribution in [3.63, 3.8) is 0 Å². The van der Waals surface area contributed by atoms with Crippen molar-refractivity contribution in [1.82, 2.24) is 0 Å². The van der Waals surface area contributed by atoms with Crippen LogP contribution in [0.4, 0.5) is 10.5 Å². The Hall–Kier alpha value is -2.77. The van der Waals surface area contributed by atoms with Crippen LogP contribution < -0.4 is 4.90 Å². The summed E-state index contributed by atoms with van der Waals surface area (Å²) < 4.78 is 9.38. The lowest BCUT2D eigenvalue weighted by Crippen LogP contribution is -2.46. The minimum Gasteiger partial charge on any atom is -0.508 e. The number of hydrogen-bond donors (Lipinski definition) is 2. The zero-order chi connectivity index (χ0) is 21.7. The third-order valence-electron chi connectivity index (χ3n) is 5.33. The van der Waals surface area contributed by atoms with Crippen molar-refractivity contribution in [2.75, 3.05) is 24.6 Å². The molecule has 0 bridgehead atoms. The molecular formula is C23H28ClNO6. The Balaban J connectivity index is 0.00000341. The largest absolute Gasteiger partial charge is 0.516 e. The van der Waals surface area contributed by atoms with Crippen LogP contribution in [0.15, 0.2) is 42.5 Å². The molecule has 0 amide bonds. The number of aryl methyl sites for hydroxylation is 1. The number of carbonyl (C=O) groups excluding carboxylic acids is 2. The van der Waals surface area contributed by atoms with Crippen molar-refractivity contribution >= 4 is 30.2 Å². The maximum Gasteiger partial charge on any atom is 0.516 e. The number of phenols is 1. The number of nitrogens with zero attached hydrogens (tertiary/aromatic N) is 1. The number of ether oxygens (including phenoxy) is 2. The molecule has 1 saturated heterocycles. The topological polar surface area (TPSA) is 96.3 Å². The number of aromatic hydroxyl groups is 1. The second-order valence-corrected chi connectivity index (χ2v) is 7.65. The Morgan fingerprint density at radius 1 is 1.10 bits per heavy atom. The summed E-state index contributed by atoms with van der Waals surface area (Å²) in [5, 5.41) is 21.0. The molecule has 0 unspecified atom stereocenters. The van der Waals surface area contributed by atoms with Gasteiger partial charge in [0.25, 0.3) is 0 Å². The smallest absolute Gasteiger partial charge is 0.508 e. The molecule has 3 rings (SSSR count). The first-order valence-electron chi connectivity index (χ1n) is 10.0. The van der Waals surface area contributed by atoms with Crippen LogP contribution in [0.1, 0.15) is 41.3 Å². The molecule has 0 aromatic heterocycles. The van der Waals surface area contributed by atoms with Crippen molar-refractivity contribution in [1.29, 1.82) is 0 Å². The molecule has 0 spiro atoms. The van der Waals surface area contributed by atoms with Gasteiger partial charge in [0.2, 0.25) is 0 Å². The number of rotatable bonds is 5. The summed E-state index contributed by atoms with van der Waals surface area (Å²) in [7, 11) is 0. The average molecular weight is 450 g/mol. The maximum atomic E-state index is 12.4. The van der Waals surface area contributed by atoms with Gasteiger partial charge in [0, 0.05) is 25.6 Å². The molecule has 2 aromatic carbocycles. The minimum atomic E-state index is -1.06. The van der Waals surface area contributed by atoms with Crippen LogP contribution in [0.3, 0.4) is 0 Å². The van der Waals surface area contributed by atoms with E-state index in [4.69, 9.17) is 4.74 Å². The van der Waals surface area contributed by atoms with E-state index in [1.54, 1.807) is 6.92 Å². The second-order valence-electron chi connectivity index (χ2n) is 7.65. The van der Waals surface area contributed by atoms with Crippen LogP contribution in [0, 0.1) is 6.92 Å². The molecule has 2 N–H and O–H groups in total. The third kappa shape index (κ3) is 6.35. The van der Waals surface area contributed by atoms with Gasteiger partial charge >= 0.3 is 12.1 Å². The van der Waals surface area contributed by atoms with E-state index in [0.29, 0.717) is 38.0 Å². The third-order valence-corrected chi connectivity index (χ3v) is 5.33. The molecule has 0 atom stereocenters. The van der Waals surface area contributed by atoms with Crippen molar-refractivity contribution in [3.05, 3.63) is 59.2 Å². The van der Waals surface area contributed by atoms with E-state index >= 15 is 0 Å². The summed E-state index contributed by atoms with van der Waals surface area (Å²) in [6, 6.07) is 12.4. The van der Waals surface area contributed by atoms with Gasteiger partial charge in [-0.05, 0) is 44.4 Å². The summed E-state index contributed by atoms with van der Waals surface area (Å²) in [5.74, 6) is -0.845. The number of aliphatic hydroxyl groups is 1. The number of hydrogen-bond acceptors (Lipinski definition) is 7. The van der Waals surface area contributed by atoms with Crippen LogP contribution in [0.5, 0.6) is 5.75 Å². The number of piperidine rings is 1. The summed E-state index contributed by atoms with van der Waals surface area (Å²) in [6.07, 6.45) is 0.498. The van der Waals surface area contributed by atoms with Gasteiger partial charge in [-0.3, -0.25) is 0 Å². The lowest BCUT2D eigenvalue weighted by atomic mass is 9.85. The van der Waals surface area contributed by atoms with Crippen LogP contribution >= 0.6 is 12.4 Å². The van der Waals surface area contributed by atoms with E-state index < -0.39 is 17.7 Å². The van der Waals surface area contributed by atoms with Gasteiger partial charge in [0.1, 0.15) is 5.75 Å². The number of phenolic OH excluding ortho intramolecular Hbond substituents is 1. The Bertz CT molecular complexity index is 907. The number of benzene rings is 2. The van der Waals surface area contributed by atoms with Gasteiger partial charge in [-0.1, -0.05) is 29.8 Å². The first kappa shape index (κ1) is 24.5. The van der Waals surface area contributed by atoms with E-state index in [9.17, 15) is 19.8 Å². The van der Waals surface area contributed by atoms with Gasteiger partial charge in [0.05, 0.1) is 23.5 Å². The van der Waals surface area contributed by atoms with E-state index in [-0.39, 0.29) is 30.3 Å². The zero-order valence-electron chi connectivity index (χ0n) is 17.7. The maximum absolute atomic E-state index is 12.4. The van der Waals surface area contributed by atoms with Crippen LogP contribution in [-0.4, -0.2) is 47.6 Å². The Morgan fingerprint density at radius 2 is 1.74 bits per heavy atom. The van der Waals surface area contributed by atoms with Crippen LogP contribution in [0.25, 0.3) is 0 Å². The van der Waals surface area contributed by atoms with Crippen molar-refractivity contribution in [3.8, 4) is 5.75 Å². The molecule has 7 nitrogen and oxygen atoms in total. The molecule has 0 radical (unpaired) electrons. The lowest BCUT2D eigenvalue weighted by Gasteiger charge is -2.40. The summed E-state index contributed by atoms with van der Waals surface area (Å²) >= 11 is 0. The SMILES string of the molecule is CCOC(=O)OC(=O)c1ccc(O)cc1N1CCC(O)(Cc2ccc(C)cc2)CC1.Cl. The summed E-state index contributed by atoms with van der Waals surface area (Å²) in [6.45, 7) is 4.72. The van der Waals surface area contributed by atoms with Crippen LogP contribution in [-0.2, 0) is 15.9 Å². The highest BCUT2D eigenvalue weighted by molar-refractivity contribution is 6.00. The lowest BCUT2D eigenvalue weighted by molar-refractivity contribution is 0.0165. The quantitative estimate of drug-likeness (QED) is 0.525. The first-order valence-corrected chi connectivity index (χ1v) is 10.0. The standard InChI is InChI=1S/C23H27NO6.ClH/c1-3-29-22(27)30-21(26)19-9-8-18(25)14-20(19)24-12-10-23(28,11-13-24)15-17-6-4-16(2)5-7-17;/h4-9,14,25,28H,3,10-13,15H2,1-2H3;1H. The van der Waals surface area contributed by atoms with Gasteiger partial charge in [-0.25, -0.2) is 9.59 Å². The Morgan fingerprint density at radius 3 is 2.35 bits per heavy atom. The zero-order valence-corrected chi connectivity index (χ0v) is 18.5. The molecule has 1 heterocycles. The summed E-state index contributed by atoms with van der Waals surface area (Å²) in [4.78, 5) is 25.8. The number of carbonyl (C=O) groups is 2. The first-order chi connectivity index (χ1) is 14.3. The minimum absolute atomic E-state index is 0. The molecule has 1 fully saturated rings. The monoisotopic (exact) mass is 449 g/mol. The molecule has 8 heteroatoms. The molecule has 0 saturated carbocycles. The average Bonchev–Trinajstić information content (AvgIpc) is 2.70. The second kappa shape index (κ2) is 10.5. The van der Waals surface area contributed by atoms with Gasteiger partial charge < -0.3 is 24.6 Å². The van der Waals surface area contributed by atoms with Crippen LogP contribution in [0.2, 0.25) is 0 Å². The van der Waals surface area contributed by atoms with E-state index in [0.717, 1.165) is 5.56 Å².